The van der Waals surface area contributed by atoms with Gasteiger partial charge in [0.2, 0.25) is 0 Å². The zero-order chi connectivity index (χ0) is 24.2. The summed E-state index contributed by atoms with van der Waals surface area (Å²) in [6.07, 6.45) is -3.38. The number of nitrogens with zero attached hydrogens (tertiary/aromatic N) is 1. The Hall–Kier alpha value is -3.67. The maximum Gasteiger partial charge on any atom is 0.573 e. The van der Waals surface area contributed by atoms with Gasteiger partial charge in [0.15, 0.2) is 0 Å². The van der Waals surface area contributed by atoms with E-state index in [1.807, 2.05) is 0 Å². The molecule has 1 heterocycles. The number of para-hydroxylation sites is 1. The number of aromatic nitrogens is 2. The lowest BCUT2D eigenvalue weighted by molar-refractivity contribution is -0.274. The molecule has 1 unspecified atom stereocenters. The standard InChI is InChI=1S/C21H18F3N3O5S/c1-33(31)15-8-6-13(7-9-15)12-27-18(28)10-16(26-20(27)30)19(29)25-11-14-4-2-3-5-17(14)32-21(22,23)24/h2-10H,11-12H2,1H3,(H,25,29)(H,26,30). The lowest BCUT2D eigenvalue weighted by Gasteiger charge is -2.13. The first-order valence-electron chi connectivity index (χ1n) is 9.42. The Bertz CT molecular complexity index is 1270. The number of aromatic amines is 1. The number of carbonyl (C=O) groups is 1. The minimum atomic E-state index is -4.90. The van der Waals surface area contributed by atoms with E-state index in [0.29, 0.717) is 10.5 Å². The monoisotopic (exact) mass is 481 g/mol. The van der Waals surface area contributed by atoms with Gasteiger partial charge in [0.25, 0.3) is 11.5 Å². The molecule has 1 atom stereocenters. The number of carbonyl (C=O) groups excluding carboxylic acids is 1. The second kappa shape index (κ2) is 9.86. The number of hydrogen-bond acceptors (Lipinski definition) is 5. The van der Waals surface area contributed by atoms with Gasteiger partial charge in [-0.25, -0.2) is 4.79 Å². The van der Waals surface area contributed by atoms with Crippen LogP contribution in [0.4, 0.5) is 13.2 Å². The normalized spacial score (nSPS) is 12.2. The number of nitrogens with one attached hydrogen (secondary N) is 2. The van der Waals surface area contributed by atoms with Crippen molar-refractivity contribution in [2.45, 2.75) is 24.3 Å². The van der Waals surface area contributed by atoms with E-state index in [4.69, 9.17) is 0 Å². The molecule has 2 N–H and O–H groups in total. The van der Waals surface area contributed by atoms with Gasteiger partial charge in [-0.2, -0.15) is 0 Å². The highest BCUT2D eigenvalue weighted by Gasteiger charge is 2.32. The molecule has 174 valence electrons. The van der Waals surface area contributed by atoms with Crippen molar-refractivity contribution < 1.29 is 26.9 Å². The van der Waals surface area contributed by atoms with Crippen LogP contribution in [0.15, 0.2) is 69.1 Å². The number of rotatable bonds is 7. The second-order valence-electron chi connectivity index (χ2n) is 6.85. The quantitative estimate of drug-likeness (QED) is 0.538. The van der Waals surface area contributed by atoms with Gasteiger partial charge in [-0.3, -0.25) is 18.4 Å². The van der Waals surface area contributed by atoms with Crippen molar-refractivity contribution in [3.05, 3.63) is 92.3 Å². The van der Waals surface area contributed by atoms with Crippen LogP contribution in [0.5, 0.6) is 5.75 Å². The first-order chi connectivity index (χ1) is 15.5. The van der Waals surface area contributed by atoms with Crippen LogP contribution in [0, 0.1) is 0 Å². The number of amides is 1. The van der Waals surface area contributed by atoms with Gasteiger partial charge in [0, 0.05) is 40.1 Å². The fraction of sp³-hybridized carbons (Fsp3) is 0.190. The summed E-state index contributed by atoms with van der Waals surface area (Å²) < 4.78 is 53.8. The molecule has 8 nitrogen and oxygen atoms in total. The third kappa shape index (κ3) is 6.42. The molecule has 0 spiro atoms. The van der Waals surface area contributed by atoms with E-state index < -0.39 is 40.1 Å². The Balaban J connectivity index is 1.73. The van der Waals surface area contributed by atoms with E-state index in [2.05, 4.69) is 15.0 Å². The van der Waals surface area contributed by atoms with Crippen molar-refractivity contribution >= 4 is 16.7 Å². The number of halogens is 3. The van der Waals surface area contributed by atoms with Crippen molar-refractivity contribution in [2.24, 2.45) is 0 Å². The third-order valence-electron chi connectivity index (χ3n) is 4.50. The molecule has 12 heteroatoms. The van der Waals surface area contributed by atoms with Crippen molar-refractivity contribution in [2.75, 3.05) is 6.26 Å². The van der Waals surface area contributed by atoms with Crippen molar-refractivity contribution in [1.29, 1.82) is 0 Å². The molecule has 0 aliphatic heterocycles. The predicted octanol–water partition coefficient (Wildman–Crippen LogP) is 2.15. The largest absolute Gasteiger partial charge is 0.573 e. The summed E-state index contributed by atoms with van der Waals surface area (Å²) in [4.78, 5) is 40.0. The fourth-order valence-corrected chi connectivity index (χ4v) is 3.43. The molecule has 33 heavy (non-hydrogen) atoms. The van der Waals surface area contributed by atoms with E-state index >= 15 is 0 Å². The second-order valence-corrected chi connectivity index (χ2v) is 8.23. The zero-order valence-electron chi connectivity index (χ0n) is 17.1. The Morgan fingerprint density at radius 2 is 1.79 bits per heavy atom. The topological polar surface area (TPSA) is 110 Å². The molecule has 0 fully saturated rings. The molecule has 1 amide bonds. The van der Waals surface area contributed by atoms with Gasteiger partial charge in [-0.1, -0.05) is 30.3 Å². The van der Waals surface area contributed by atoms with E-state index in [1.165, 1.54) is 24.5 Å². The molecule has 0 aliphatic rings. The Kier molecular flexibility index (Phi) is 7.16. The Labute approximate surface area is 187 Å². The highest BCUT2D eigenvalue weighted by molar-refractivity contribution is 7.84. The van der Waals surface area contributed by atoms with Crippen molar-refractivity contribution in [1.82, 2.24) is 14.9 Å². The van der Waals surface area contributed by atoms with Crippen LogP contribution in [0.3, 0.4) is 0 Å². The average Bonchev–Trinajstić information content (AvgIpc) is 2.74. The average molecular weight is 481 g/mol. The lowest BCUT2D eigenvalue weighted by atomic mass is 10.2. The minimum Gasteiger partial charge on any atom is -0.405 e. The van der Waals surface area contributed by atoms with Crippen LogP contribution in [-0.4, -0.2) is 32.3 Å². The van der Waals surface area contributed by atoms with E-state index in [-0.39, 0.29) is 24.3 Å². The summed E-state index contributed by atoms with van der Waals surface area (Å²) in [6, 6.07) is 12.7. The third-order valence-corrected chi connectivity index (χ3v) is 5.43. The molecule has 0 bridgehead atoms. The summed E-state index contributed by atoms with van der Waals surface area (Å²) in [5.74, 6) is -1.33. The highest BCUT2D eigenvalue weighted by Crippen LogP contribution is 2.26. The predicted molar refractivity (Wildman–Crippen MR) is 113 cm³/mol. The fourth-order valence-electron chi connectivity index (χ4n) is 2.91. The summed E-state index contributed by atoms with van der Waals surface area (Å²) in [7, 11) is -1.17. The molecular weight excluding hydrogens is 463 g/mol. The van der Waals surface area contributed by atoms with E-state index in [1.54, 1.807) is 24.3 Å². The maximum atomic E-state index is 12.5. The Morgan fingerprint density at radius 1 is 1.12 bits per heavy atom. The number of benzene rings is 2. The summed E-state index contributed by atoms with van der Waals surface area (Å²) >= 11 is 0. The maximum absolute atomic E-state index is 12.5. The van der Waals surface area contributed by atoms with Gasteiger partial charge in [-0.05, 0) is 23.8 Å². The summed E-state index contributed by atoms with van der Waals surface area (Å²) in [5, 5.41) is 2.35. The first kappa shape index (κ1) is 24.0. The molecule has 0 saturated heterocycles. The van der Waals surface area contributed by atoms with Gasteiger partial charge >= 0.3 is 12.1 Å². The highest BCUT2D eigenvalue weighted by atomic mass is 32.2. The van der Waals surface area contributed by atoms with Gasteiger partial charge in [0.05, 0.1) is 6.54 Å². The van der Waals surface area contributed by atoms with Crippen LogP contribution in [0.25, 0.3) is 0 Å². The molecule has 0 radical (unpaired) electrons. The number of alkyl halides is 3. The van der Waals surface area contributed by atoms with Crippen LogP contribution in [-0.2, 0) is 23.9 Å². The molecular formula is C21H18F3N3O5S. The summed E-state index contributed by atoms with van der Waals surface area (Å²) in [6.45, 7) is -0.407. The van der Waals surface area contributed by atoms with Gasteiger partial charge in [-0.15, -0.1) is 13.2 Å². The van der Waals surface area contributed by atoms with Crippen LogP contribution < -0.4 is 21.3 Å². The van der Waals surface area contributed by atoms with Crippen LogP contribution in [0.2, 0.25) is 0 Å². The molecule has 2 aromatic carbocycles. The summed E-state index contributed by atoms with van der Waals surface area (Å²) in [5.41, 5.74) is -1.26. The van der Waals surface area contributed by atoms with Crippen molar-refractivity contribution in [3.8, 4) is 5.75 Å². The zero-order valence-corrected chi connectivity index (χ0v) is 18.0. The number of ether oxygens (including phenoxy) is 1. The van der Waals surface area contributed by atoms with E-state index in [9.17, 15) is 31.8 Å². The lowest BCUT2D eigenvalue weighted by Crippen LogP contribution is -2.38. The molecule has 1 aromatic heterocycles. The minimum absolute atomic E-state index is 0.0512. The molecule has 0 aliphatic carbocycles. The molecule has 3 aromatic rings. The number of H-pyrrole nitrogens is 1. The van der Waals surface area contributed by atoms with Crippen LogP contribution in [0.1, 0.15) is 21.6 Å². The smallest absolute Gasteiger partial charge is 0.405 e. The SMILES string of the molecule is CS(=O)c1ccc(Cn2c(=O)cc(C(=O)NCc3ccccc3OC(F)(F)F)[nH]c2=O)cc1. The molecule has 0 saturated carbocycles. The van der Waals surface area contributed by atoms with E-state index in [0.717, 1.165) is 16.7 Å². The van der Waals surface area contributed by atoms with Crippen LogP contribution >= 0.6 is 0 Å². The number of hydrogen-bond donors (Lipinski definition) is 2. The van der Waals surface area contributed by atoms with Gasteiger partial charge < -0.3 is 15.0 Å². The van der Waals surface area contributed by atoms with Crippen molar-refractivity contribution in [3.63, 3.8) is 0 Å². The molecule has 3 rings (SSSR count). The van der Waals surface area contributed by atoms with Gasteiger partial charge in [0.1, 0.15) is 11.4 Å². The first-order valence-corrected chi connectivity index (χ1v) is 11.0. The Morgan fingerprint density at radius 3 is 2.39 bits per heavy atom.